The van der Waals surface area contributed by atoms with E-state index in [0.717, 1.165) is 66.9 Å². The molecule has 2 fully saturated rings. The summed E-state index contributed by atoms with van der Waals surface area (Å²) in [5, 5.41) is 11.1. The molecule has 3 aromatic heterocycles. The molecule has 1 aromatic carbocycles. The zero-order chi connectivity index (χ0) is 27.0. The summed E-state index contributed by atoms with van der Waals surface area (Å²) in [6.07, 6.45) is 13.8. The maximum Gasteiger partial charge on any atom is 0.276 e. The third-order valence-electron chi connectivity index (χ3n) is 7.42. The molecule has 0 atom stereocenters. The molecule has 0 unspecified atom stereocenters. The van der Waals surface area contributed by atoms with Crippen LogP contribution in [0.15, 0.2) is 55.1 Å². The molecule has 39 heavy (non-hydrogen) atoms. The van der Waals surface area contributed by atoms with Gasteiger partial charge in [-0.1, -0.05) is 26.3 Å². The molecule has 8 nitrogen and oxygen atoms in total. The summed E-state index contributed by atoms with van der Waals surface area (Å²) in [7, 11) is 0. The lowest BCUT2D eigenvalue weighted by Gasteiger charge is -2.26. The zero-order valence-corrected chi connectivity index (χ0v) is 23.1. The molecule has 0 spiro atoms. The number of amides is 1. The molecular weight excluding hydrogens is 486 g/mol. The fourth-order valence-corrected chi connectivity index (χ4v) is 5.51. The number of fused-ring (bicyclic) bond motifs is 1. The normalized spacial score (nSPS) is 16.2. The number of anilines is 1. The van der Waals surface area contributed by atoms with Gasteiger partial charge in [-0.25, -0.2) is 0 Å². The van der Waals surface area contributed by atoms with E-state index in [9.17, 15) is 4.79 Å². The molecular formula is C31H39N7O. The van der Waals surface area contributed by atoms with Crippen molar-refractivity contribution in [2.45, 2.75) is 59.0 Å². The topological polar surface area (TPSA) is 90.0 Å². The van der Waals surface area contributed by atoms with Crippen LogP contribution in [0.25, 0.3) is 22.0 Å². The summed E-state index contributed by atoms with van der Waals surface area (Å²) in [6, 6.07) is 10.3. The molecule has 2 N–H and O–H groups in total. The number of aromatic nitrogens is 4. The van der Waals surface area contributed by atoms with E-state index in [2.05, 4.69) is 47.4 Å². The van der Waals surface area contributed by atoms with Crippen LogP contribution < -0.4 is 5.32 Å². The van der Waals surface area contributed by atoms with Gasteiger partial charge in [0.15, 0.2) is 5.69 Å². The van der Waals surface area contributed by atoms with Crippen LogP contribution in [0.5, 0.6) is 0 Å². The summed E-state index contributed by atoms with van der Waals surface area (Å²) in [4.78, 5) is 27.0. The Morgan fingerprint density at radius 2 is 1.44 bits per heavy atom. The molecule has 6 rings (SSSR count). The first-order chi connectivity index (χ1) is 19.2. The Hall–Kier alpha value is -3.62. The number of piperidine rings is 1. The third-order valence-corrected chi connectivity index (χ3v) is 7.42. The van der Waals surface area contributed by atoms with E-state index in [-0.39, 0.29) is 5.91 Å². The van der Waals surface area contributed by atoms with E-state index in [0.29, 0.717) is 11.4 Å². The standard InChI is InChI=1S/C29H33N7O.C2H6/c37-29(32-25-13-22(16-31-18-25)20-36-10-4-5-11-36)28-26-14-23(6-7-27(26)33-34-28)24-12-21(15-30-17-24)19-35-8-2-1-3-9-35;1-2/h6-7,12-18H,1-5,8-11,19-20H2,(H,32,37)(H,33,34);1-2H3. The number of pyridine rings is 2. The number of carbonyl (C=O) groups excluding carboxylic acids is 1. The first-order valence-electron chi connectivity index (χ1n) is 14.3. The maximum absolute atomic E-state index is 13.2. The van der Waals surface area contributed by atoms with Gasteiger partial charge in [0.1, 0.15) is 0 Å². The van der Waals surface area contributed by atoms with Crippen LogP contribution in [-0.4, -0.2) is 62.1 Å². The average molecular weight is 526 g/mol. The lowest BCUT2D eigenvalue weighted by Crippen LogP contribution is -2.29. The molecule has 2 aliphatic rings. The molecule has 2 aliphatic heterocycles. The number of hydrogen-bond acceptors (Lipinski definition) is 6. The van der Waals surface area contributed by atoms with Gasteiger partial charge in [-0.05, 0) is 92.8 Å². The highest BCUT2D eigenvalue weighted by Crippen LogP contribution is 2.27. The van der Waals surface area contributed by atoms with E-state index in [1.165, 1.54) is 37.7 Å². The van der Waals surface area contributed by atoms with Crippen molar-refractivity contribution in [2.75, 3.05) is 31.5 Å². The van der Waals surface area contributed by atoms with Crippen molar-refractivity contribution in [3.63, 3.8) is 0 Å². The minimum absolute atomic E-state index is 0.250. The SMILES string of the molecule is CC.O=C(Nc1cncc(CN2CCCC2)c1)c1n[nH]c2ccc(-c3cncc(CN4CCCCC4)c3)cc12. The number of nitrogens with one attached hydrogen (secondary N) is 2. The second-order valence-electron chi connectivity index (χ2n) is 10.3. The predicted molar refractivity (Wildman–Crippen MR) is 157 cm³/mol. The first-order valence-corrected chi connectivity index (χ1v) is 14.3. The molecule has 204 valence electrons. The number of hydrogen-bond donors (Lipinski definition) is 2. The summed E-state index contributed by atoms with van der Waals surface area (Å²) >= 11 is 0. The smallest absolute Gasteiger partial charge is 0.276 e. The number of rotatable bonds is 7. The van der Waals surface area contributed by atoms with E-state index in [1.54, 1.807) is 6.20 Å². The zero-order valence-electron chi connectivity index (χ0n) is 23.1. The molecule has 4 aromatic rings. The van der Waals surface area contributed by atoms with Gasteiger partial charge >= 0.3 is 0 Å². The highest BCUT2D eigenvalue weighted by Gasteiger charge is 2.17. The minimum atomic E-state index is -0.250. The molecule has 2 saturated heterocycles. The number of likely N-dealkylation sites (tertiary alicyclic amines) is 2. The summed E-state index contributed by atoms with van der Waals surface area (Å²) in [5.41, 5.74) is 6.26. The Kier molecular flexibility index (Phi) is 8.96. The molecule has 0 saturated carbocycles. The Bertz CT molecular complexity index is 1390. The fourth-order valence-electron chi connectivity index (χ4n) is 5.51. The number of aromatic amines is 1. The van der Waals surface area contributed by atoms with Crippen molar-refractivity contribution < 1.29 is 4.79 Å². The van der Waals surface area contributed by atoms with Crippen molar-refractivity contribution in [1.82, 2.24) is 30.0 Å². The predicted octanol–water partition coefficient (Wildman–Crippen LogP) is 5.88. The fraction of sp³-hybridized carbons (Fsp3) is 0.419. The van der Waals surface area contributed by atoms with Crippen LogP contribution in [0, 0.1) is 0 Å². The minimum Gasteiger partial charge on any atom is -0.319 e. The van der Waals surface area contributed by atoms with Crippen LogP contribution in [-0.2, 0) is 13.1 Å². The van der Waals surface area contributed by atoms with Gasteiger partial charge in [-0.3, -0.25) is 29.7 Å². The monoisotopic (exact) mass is 525 g/mol. The second kappa shape index (κ2) is 13.0. The quantitative estimate of drug-likeness (QED) is 0.313. The van der Waals surface area contributed by atoms with Crippen molar-refractivity contribution in [3.05, 3.63) is 71.9 Å². The van der Waals surface area contributed by atoms with Crippen LogP contribution in [0.4, 0.5) is 5.69 Å². The molecule has 0 bridgehead atoms. The molecule has 5 heterocycles. The number of benzene rings is 1. The van der Waals surface area contributed by atoms with Crippen molar-refractivity contribution in [1.29, 1.82) is 0 Å². The Balaban J connectivity index is 0.00000151. The summed E-state index contributed by atoms with van der Waals surface area (Å²) < 4.78 is 0. The van der Waals surface area contributed by atoms with Gasteiger partial charge in [0.05, 0.1) is 17.4 Å². The largest absolute Gasteiger partial charge is 0.319 e. The lowest BCUT2D eigenvalue weighted by atomic mass is 10.0. The van der Waals surface area contributed by atoms with Crippen molar-refractivity contribution in [3.8, 4) is 11.1 Å². The molecule has 8 heteroatoms. The lowest BCUT2D eigenvalue weighted by molar-refractivity contribution is 0.102. The van der Waals surface area contributed by atoms with Crippen molar-refractivity contribution in [2.24, 2.45) is 0 Å². The maximum atomic E-state index is 13.2. The summed E-state index contributed by atoms with van der Waals surface area (Å²) in [6.45, 7) is 10.3. The second-order valence-corrected chi connectivity index (χ2v) is 10.3. The van der Waals surface area contributed by atoms with E-state index in [1.807, 2.05) is 50.6 Å². The third kappa shape index (κ3) is 6.69. The van der Waals surface area contributed by atoms with Crippen LogP contribution in [0.1, 0.15) is 67.6 Å². The molecule has 0 aliphatic carbocycles. The van der Waals surface area contributed by atoms with Crippen LogP contribution in [0.2, 0.25) is 0 Å². The number of nitrogens with zero attached hydrogens (tertiary/aromatic N) is 5. The van der Waals surface area contributed by atoms with E-state index in [4.69, 9.17) is 0 Å². The Morgan fingerprint density at radius 1 is 0.795 bits per heavy atom. The molecule has 1 amide bonds. The van der Waals surface area contributed by atoms with E-state index >= 15 is 0 Å². The van der Waals surface area contributed by atoms with Gasteiger partial charge < -0.3 is 5.32 Å². The first kappa shape index (κ1) is 27.0. The van der Waals surface area contributed by atoms with Gasteiger partial charge in [-0.2, -0.15) is 5.10 Å². The highest BCUT2D eigenvalue weighted by molar-refractivity contribution is 6.11. The summed E-state index contributed by atoms with van der Waals surface area (Å²) in [5.74, 6) is -0.250. The molecule has 0 radical (unpaired) electrons. The van der Waals surface area contributed by atoms with Gasteiger partial charge in [0, 0.05) is 42.6 Å². The Labute approximate surface area is 230 Å². The van der Waals surface area contributed by atoms with Gasteiger partial charge in [0.2, 0.25) is 0 Å². The average Bonchev–Trinajstić information content (AvgIpc) is 3.65. The van der Waals surface area contributed by atoms with Crippen LogP contribution in [0.3, 0.4) is 0 Å². The highest BCUT2D eigenvalue weighted by atomic mass is 16.1. The van der Waals surface area contributed by atoms with E-state index < -0.39 is 0 Å². The number of H-pyrrole nitrogens is 1. The van der Waals surface area contributed by atoms with Crippen molar-refractivity contribution >= 4 is 22.5 Å². The number of carbonyl (C=O) groups is 1. The Morgan fingerprint density at radius 3 is 2.15 bits per heavy atom. The van der Waals surface area contributed by atoms with Gasteiger partial charge in [0.25, 0.3) is 5.91 Å². The van der Waals surface area contributed by atoms with Gasteiger partial charge in [-0.15, -0.1) is 0 Å². The van der Waals surface area contributed by atoms with Crippen LogP contribution >= 0.6 is 0 Å².